The number of ether oxygens (including phenoxy) is 2. The molecule has 0 atom stereocenters. The third-order valence-electron chi connectivity index (χ3n) is 2.05. The molecule has 1 aromatic rings. The molecular formula is C11H9F5O3. The first-order valence-corrected chi connectivity index (χ1v) is 5.04. The summed E-state index contributed by atoms with van der Waals surface area (Å²) in [6, 6.07) is 4.74. The first-order chi connectivity index (χ1) is 8.76. The first-order valence-electron chi connectivity index (χ1n) is 5.04. The molecule has 0 heterocycles. The van der Waals surface area contributed by atoms with Crippen molar-refractivity contribution < 1.29 is 36.2 Å². The lowest BCUT2D eigenvalue weighted by Gasteiger charge is -2.20. The molecule has 0 amide bonds. The van der Waals surface area contributed by atoms with Crippen LogP contribution < -0.4 is 4.74 Å². The van der Waals surface area contributed by atoms with Crippen LogP contribution in [0.15, 0.2) is 24.3 Å². The van der Waals surface area contributed by atoms with Crippen LogP contribution in [-0.4, -0.2) is 25.4 Å². The van der Waals surface area contributed by atoms with E-state index in [0.29, 0.717) is 5.56 Å². The van der Waals surface area contributed by atoms with Gasteiger partial charge in [0, 0.05) is 6.42 Å². The second kappa shape index (κ2) is 5.85. The van der Waals surface area contributed by atoms with E-state index in [-0.39, 0.29) is 19.5 Å². The Morgan fingerprint density at radius 1 is 1.16 bits per heavy atom. The second-order valence-electron chi connectivity index (χ2n) is 3.48. The van der Waals surface area contributed by atoms with Gasteiger partial charge in [0.05, 0.1) is 6.61 Å². The van der Waals surface area contributed by atoms with Gasteiger partial charge < -0.3 is 9.47 Å². The molecule has 0 radical (unpaired) electrons. The van der Waals surface area contributed by atoms with Crippen molar-refractivity contribution >= 4 is 6.47 Å². The molecular weight excluding hydrogens is 275 g/mol. The Kier molecular flexibility index (Phi) is 4.68. The highest BCUT2D eigenvalue weighted by molar-refractivity contribution is 5.37. The average molecular weight is 284 g/mol. The van der Waals surface area contributed by atoms with Gasteiger partial charge >= 0.3 is 12.3 Å². The van der Waals surface area contributed by atoms with Gasteiger partial charge in [0.1, 0.15) is 5.75 Å². The second-order valence-corrected chi connectivity index (χ2v) is 3.48. The van der Waals surface area contributed by atoms with E-state index in [4.69, 9.17) is 0 Å². The van der Waals surface area contributed by atoms with E-state index in [2.05, 4.69) is 9.47 Å². The van der Waals surface area contributed by atoms with Crippen molar-refractivity contribution in [3.8, 4) is 5.75 Å². The minimum absolute atomic E-state index is 0.0113. The lowest BCUT2D eigenvalue weighted by Crippen LogP contribution is -2.41. The maximum atomic E-state index is 12.6. The zero-order valence-corrected chi connectivity index (χ0v) is 9.42. The summed E-state index contributed by atoms with van der Waals surface area (Å²) in [5.41, 5.74) is 0.400. The average Bonchev–Trinajstić information content (AvgIpc) is 2.27. The summed E-state index contributed by atoms with van der Waals surface area (Å²) in [4.78, 5) is 9.89. The summed E-state index contributed by atoms with van der Waals surface area (Å²) >= 11 is 0. The fourth-order valence-corrected chi connectivity index (χ4v) is 1.20. The Hall–Kier alpha value is -1.86. The number of benzene rings is 1. The van der Waals surface area contributed by atoms with Gasteiger partial charge in [-0.15, -0.1) is 0 Å². The molecule has 0 fully saturated rings. The zero-order valence-electron chi connectivity index (χ0n) is 9.42. The fourth-order valence-electron chi connectivity index (χ4n) is 1.20. The van der Waals surface area contributed by atoms with Crippen LogP contribution in [0.4, 0.5) is 22.0 Å². The minimum atomic E-state index is -5.79. The molecule has 0 spiro atoms. The number of hydrogen-bond acceptors (Lipinski definition) is 3. The minimum Gasteiger partial charge on any atom is -0.468 e. The Bertz CT molecular complexity index is 431. The number of alkyl halides is 5. The van der Waals surface area contributed by atoms with Crippen LogP contribution in [0.5, 0.6) is 5.75 Å². The fraction of sp³-hybridized carbons (Fsp3) is 0.364. The van der Waals surface area contributed by atoms with Gasteiger partial charge in [0.15, 0.2) is 0 Å². The number of halogens is 5. The van der Waals surface area contributed by atoms with Crippen LogP contribution in [0.25, 0.3) is 0 Å². The van der Waals surface area contributed by atoms with Gasteiger partial charge in [0.25, 0.3) is 6.47 Å². The van der Waals surface area contributed by atoms with Gasteiger partial charge in [-0.2, -0.15) is 22.0 Å². The quantitative estimate of drug-likeness (QED) is 0.458. The summed E-state index contributed by atoms with van der Waals surface area (Å²) < 4.78 is 69.1. The van der Waals surface area contributed by atoms with E-state index in [9.17, 15) is 26.7 Å². The van der Waals surface area contributed by atoms with Crippen LogP contribution in [-0.2, 0) is 16.0 Å². The third-order valence-corrected chi connectivity index (χ3v) is 2.05. The Balaban J connectivity index is 2.74. The van der Waals surface area contributed by atoms with Crippen LogP contribution in [0.1, 0.15) is 5.56 Å². The van der Waals surface area contributed by atoms with E-state index in [1.165, 1.54) is 12.1 Å². The summed E-state index contributed by atoms with van der Waals surface area (Å²) in [5.74, 6) is -0.620. The Morgan fingerprint density at radius 2 is 1.84 bits per heavy atom. The maximum absolute atomic E-state index is 12.6. The molecule has 0 bridgehead atoms. The summed E-state index contributed by atoms with van der Waals surface area (Å²) in [6.07, 6.45) is -10.9. The van der Waals surface area contributed by atoms with Crippen molar-refractivity contribution in [2.24, 2.45) is 0 Å². The van der Waals surface area contributed by atoms with E-state index >= 15 is 0 Å². The molecule has 1 rings (SSSR count). The molecule has 1 aromatic carbocycles. The number of rotatable bonds is 6. The molecule has 0 saturated heterocycles. The van der Waals surface area contributed by atoms with Crippen molar-refractivity contribution in [2.75, 3.05) is 6.61 Å². The van der Waals surface area contributed by atoms with Crippen molar-refractivity contribution in [3.63, 3.8) is 0 Å². The SMILES string of the molecule is O=COCCc1cccc(OC(F)(F)C(F)(F)F)c1. The zero-order chi connectivity index (χ0) is 14.5. The van der Waals surface area contributed by atoms with E-state index < -0.39 is 18.0 Å². The van der Waals surface area contributed by atoms with Crippen molar-refractivity contribution in [1.82, 2.24) is 0 Å². The Labute approximate surface area is 104 Å². The highest BCUT2D eigenvalue weighted by atomic mass is 19.4. The van der Waals surface area contributed by atoms with Gasteiger partial charge in [-0.3, -0.25) is 4.79 Å². The summed E-state index contributed by atoms with van der Waals surface area (Å²) in [6.45, 7) is 0.195. The summed E-state index contributed by atoms with van der Waals surface area (Å²) in [5, 5.41) is 0. The van der Waals surface area contributed by atoms with Crippen LogP contribution in [0.2, 0.25) is 0 Å². The Morgan fingerprint density at radius 3 is 2.42 bits per heavy atom. The van der Waals surface area contributed by atoms with Gasteiger partial charge in [-0.05, 0) is 17.7 Å². The first kappa shape index (κ1) is 15.2. The molecule has 106 valence electrons. The molecule has 3 nitrogen and oxygen atoms in total. The monoisotopic (exact) mass is 284 g/mol. The molecule has 8 heteroatoms. The molecule has 19 heavy (non-hydrogen) atoms. The van der Waals surface area contributed by atoms with Crippen LogP contribution >= 0.6 is 0 Å². The largest absolute Gasteiger partial charge is 0.499 e. The molecule has 0 aromatic heterocycles. The molecule has 0 N–H and O–H groups in total. The van der Waals surface area contributed by atoms with Crippen molar-refractivity contribution in [3.05, 3.63) is 29.8 Å². The topological polar surface area (TPSA) is 35.5 Å². The number of carbonyl (C=O) groups excluding carboxylic acids is 1. The molecule has 0 unspecified atom stereocenters. The van der Waals surface area contributed by atoms with E-state index in [0.717, 1.165) is 12.1 Å². The molecule has 0 saturated carbocycles. The summed E-state index contributed by atoms with van der Waals surface area (Å²) in [7, 11) is 0. The molecule has 0 aliphatic heterocycles. The van der Waals surface area contributed by atoms with Gasteiger partial charge in [-0.1, -0.05) is 12.1 Å². The predicted octanol–water partition coefficient (Wildman–Crippen LogP) is 2.94. The molecule has 0 aliphatic carbocycles. The van der Waals surface area contributed by atoms with Crippen LogP contribution in [0.3, 0.4) is 0 Å². The lowest BCUT2D eigenvalue weighted by atomic mass is 10.1. The normalized spacial score (nSPS) is 12.1. The molecule has 0 aliphatic rings. The van der Waals surface area contributed by atoms with Gasteiger partial charge in [0.2, 0.25) is 0 Å². The van der Waals surface area contributed by atoms with Crippen molar-refractivity contribution in [1.29, 1.82) is 0 Å². The number of hydrogen-bond donors (Lipinski definition) is 0. The van der Waals surface area contributed by atoms with E-state index in [1.54, 1.807) is 0 Å². The van der Waals surface area contributed by atoms with Gasteiger partial charge in [-0.25, -0.2) is 0 Å². The standard InChI is InChI=1S/C11H9F5O3/c12-10(13,14)11(15,16)19-9-3-1-2-8(6-9)4-5-18-7-17/h1-3,6-7H,4-5H2. The third kappa shape index (κ3) is 4.38. The lowest BCUT2D eigenvalue weighted by molar-refractivity contribution is -0.360. The highest BCUT2D eigenvalue weighted by Crippen LogP contribution is 2.37. The van der Waals surface area contributed by atoms with Crippen LogP contribution in [0, 0.1) is 0 Å². The van der Waals surface area contributed by atoms with Crippen molar-refractivity contribution in [2.45, 2.75) is 18.7 Å². The maximum Gasteiger partial charge on any atom is 0.499 e. The predicted molar refractivity (Wildman–Crippen MR) is 53.8 cm³/mol. The number of carbonyl (C=O) groups is 1. The van der Waals surface area contributed by atoms with E-state index in [1.807, 2.05) is 0 Å². The smallest absolute Gasteiger partial charge is 0.468 e. The highest BCUT2D eigenvalue weighted by Gasteiger charge is 2.61.